The van der Waals surface area contributed by atoms with Gasteiger partial charge in [-0.2, -0.15) is 0 Å². The molecular formula is C34H40O8. The molecule has 0 radical (unpaired) electrons. The zero-order valence-corrected chi connectivity index (χ0v) is 24.1. The van der Waals surface area contributed by atoms with E-state index in [-0.39, 0.29) is 31.6 Å². The number of ether oxygens (including phenoxy) is 6. The van der Waals surface area contributed by atoms with Crippen molar-refractivity contribution in [2.75, 3.05) is 20.3 Å². The van der Waals surface area contributed by atoms with Gasteiger partial charge in [-0.05, 0) is 29.5 Å². The van der Waals surface area contributed by atoms with Crippen molar-refractivity contribution in [1.29, 1.82) is 0 Å². The Balaban J connectivity index is 1.45. The number of carbonyl (C=O) groups is 2. The SMILES string of the molecule is COC(=O)CCCCCO[C@@H]1O[C@H](COCc2ccccc2)[C@@H](OCc2ccccc2)[C@H](OCc2ccccc2)C1=O. The van der Waals surface area contributed by atoms with Crippen LogP contribution in [-0.2, 0) is 57.8 Å². The number of carbonyl (C=O) groups excluding carboxylic acids is 2. The average Bonchev–Trinajstić information content (AvgIpc) is 3.03. The van der Waals surface area contributed by atoms with Crippen LogP contribution in [0.3, 0.4) is 0 Å². The fourth-order valence-corrected chi connectivity index (χ4v) is 4.66. The molecule has 0 saturated carbocycles. The van der Waals surface area contributed by atoms with Crippen molar-refractivity contribution >= 4 is 11.8 Å². The van der Waals surface area contributed by atoms with E-state index in [2.05, 4.69) is 0 Å². The molecule has 0 spiro atoms. The molecule has 1 saturated heterocycles. The van der Waals surface area contributed by atoms with Crippen LogP contribution in [0.4, 0.5) is 0 Å². The van der Waals surface area contributed by atoms with E-state index >= 15 is 0 Å². The Morgan fingerprint density at radius 1 is 0.714 bits per heavy atom. The number of Topliss-reactive ketones (excluding diaryl/α,β-unsaturated/α-hetero) is 1. The third-order valence-electron chi connectivity index (χ3n) is 6.95. The van der Waals surface area contributed by atoms with Crippen LogP contribution in [-0.4, -0.2) is 56.7 Å². The molecular weight excluding hydrogens is 536 g/mol. The quantitative estimate of drug-likeness (QED) is 0.156. The number of benzene rings is 3. The van der Waals surface area contributed by atoms with Gasteiger partial charge >= 0.3 is 5.97 Å². The summed E-state index contributed by atoms with van der Waals surface area (Å²) in [7, 11) is 1.38. The topological polar surface area (TPSA) is 89.5 Å². The first-order valence-corrected chi connectivity index (χ1v) is 14.4. The lowest BCUT2D eigenvalue weighted by molar-refractivity contribution is -0.258. The van der Waals surface area contributed by atoms with Crippen LogP contribution in [0.2, 0.25) is 0 Å². The van der Waals surface area contributed by atoms with Crippen molar-refractivity contribution in [2.45, 2.75) is 70.1 Å². The van der Waals surface area contributed by atoms with Gasteiger partial charge in [-0.1, -0.05) is 97.4 Å². The predicted molar refractivity (Wildman–Crippen MR) is 156 cm³/mol. The van der Waals surface area contributed by atoms with Gasteiger partial charge in [0.2, 0.25) is 12.1 Å². The molecule has 3 aromatic rings. The molecule has 3 aromatic carbocycles. The van der Waals surface area contributed by atoms with E-state index in [4.69, 9.17) is 28.4 Å². The summed E-state index contributed by atoms with van der Waals surface area (Å²) < 4.78 is 35.5. The Labute approximate surface area is 247 Å². The Kier molecular flexibility index (Phi) is 13.2. The number of hydrogen-bond donors (Lipinski definition) is 0. The molecule has 8 nitrogen and oxygen atoms in total. The van der Waals surface area contributed by atoms with Gasteiger partial charge in [-0.3, -0.25) is 9.59 Å². The fraction of sp³-hybridized carbons (Fsp3) is 0.412. The molecule has 0 aliphatic carbocycles. The van der Waals surface area contributed by atoms with Gasteiger partial charge < -0.3 is 28.4 Å². The van der Waals surface area contributed by atoms with Gasteiger partial charge in [-0.15, -0.1) is 0 Å². The standard InChI is InChI=1S/C34H40O8/c1-37-30(35)20-12-5-13-21-39-34-31(36)33(41-24-28-18-10-4-11-19-28)32(40-23-27-16-8-3-9-17-27)29(42-34)25-38-22-26-14-6-2-7-15-26/h2-4,6-11,14-19,29,32-34H,5,12-13,20-25H2,1H3/t29-,32-,33-,34-/m1/s1. The zero-order valence-electron chi connectivity index (χ0n) is 24.1. The maximum absolute atomic E-state index is 13.7. The van der Waals surface area contributed by atoms with E-state index < -0.39 is 24.6 Å². The molecule has 42 heavy (non-hydrogen) atoms. The van der Waals surface area contributed by atoms with Crippen molar-refractivity contribution in [3.63, 3.8) is 0 Å². The van der Waals surface area contributed by atoms with E-state index in [1.54, 1.807) is 0 Å². The van der Waals surface area contributed by atoms with Gasteiger partial charge in [-0.25, -0.2) is 0 Å². The second-order valence-corrected chi connectivity index (χ2v) is 10.1. The minimum atomic E-state index is -1.12. The number of esters is 1. The third-order valence-corrected chi connectivity index (χ3v) is 6.95. The van der Waals surface area contributed by atoms with Gasteiger partial charge in [0.15, 0.2) is 6.10 Å². The maximum Gasteiger partial charge on any atom is 0.305 e. The lowest BCUT2D eigenvalue weighted by Crippen LogP contribution is -2.59. The van der Waals surface area contributed by atoms with Crippen LogP contribution in [0, 0.1) is 0 Å². The molecule has 0 bridgehead atoms. The van der Waals surface area contributed by atoms with Gasteiger partial charge in [0.25, 0.3) is 0 Å². The second-order valence-electron chi connectivity index (χ2n) is 10.1. The number of methoxy groups -OCH3 is 1. The normalized spacial score (nSPS) is 20.4. The Bertz CT molecular complexity index is 1190. The summed E-state index contributed by atoms with van der Waals surface area (Å²) in [6.45, 7) is 1.40. The molecule has 1 aliphatic rings. The van der Waals surface area contributed by atoms with Crippen LogP contribution in [0.15, 0.2) is 91.0 Å². The molecule has 8 heteroatoms. The average molecular weight is 577 g/mol. The predicted octanol–water partition coefficient (Wildman–Crippen LogP) is 5.42. The molecule has 0 aromatic heterocycles. The summed E-state index contributed by atoms with van der Waals surface area (Å²) in [6.07, 6.45) is -0.891. The van der Waals surface area contributed by atoms with E-state index in [1.165, 1.54) is 7.11 Å². The van der Waals surface area contributed by atoms with E-state index in [9.17, 15) is 9.59 Å². The van der Waals surface area contributed by atoms with E-state index in [0.717, 1.165) is 23.1 Å². The molecule has 224 valence electrons. The summed E-state index contributed by atoms with van der Waals surface area (Å²) >= 11 is 0. The maximum atomic E-state index is 13.7. The molecule has 4 rings (SSSR count). The third kappa shape index (κ3) is 10.2. The highest BCUT2D eigenvalue weighted by Crippen LogP contribution is 2.27. The smallest absolute Gasteiger partial charge is 0.305 e. The number of rotatable bonds is 17. The summed E-state index contributed by atoms with van der Waals surface area (Å²) in [4.78, 5) is 25.1. The van der Waals surface area contributed by atoms with Crippen LogP contribution in [0.5, 0.6) is 0 Å². The summed E-state index contributed by atoms with van der Waals surface area (Å²) in [6, 6.07) is 29.3. The highest BCUT2D eigenvalue weighted by Gasteiger charge is 2.47. The van der Waals surface area contributed by atoms with Gasteiger partial charge in [0.05, 0.1) is 40.1 Å². The summed E-state index contributed by atoms with van der Waals surface area (Å²) in [5.74, 6) is -0.558. The first kappa shape index (κ1) is 31.5. The molecule has 1 heterocycles. The van der Waals surface area contributed by atoms with Crippen molar-refractivity contribution in [1.82, 2.24) is 0 Å². The number of ketones is 1. The van der Waals surface area contributed by atoms with Crippen LogP contribution >= 0.6 is 0 Å². The van der Waals surface area contributed by atoms with Gasteiger partial charge in [0.1, 0.15) is 12.2 Å². The van der Waals surface area contributed by atoms with Crippen molar-refractivity contribution in [3.05, 3.63) is 108 Å². The number of unbranched alkanes of at least 4 members (excludes halogenated alkanes) is 2. The Morgan fingerprint density at radius 2 is 1.29 bits per heavy atom. The van der Waals surface area contributed by atoms with Crippen molar-refractivity contribution in [3.8, 4) is 0 Å². The van der Waals surface area contributed by atoms with Crippen LogP contribution in [0.1, 0.15) is 42.4 Å². The highest BCUT2D eigenvalue weighted by molar-refractivity contribution is 5.87. The van der Waals surface area contributed by atoms with Crippen molar-refractivity contribution in [2.24, 2.45) is 0 Å². The minimum Gasteiger partial charge on any atom is -0.469 e. The van der Waals surface area contributed by atoms with Crippen LogP contribution < -0.4 is 0 Å². The lowest BCUT2D eigenvalue weighted by Gasteiger charge is -2.40. The fourth-order valence-electron chi connectivity index (χ4n) is 4.66. The molecule has 4 atom stereocenters. The van der Waals surface area contributed by atoms with E-state index in [0.29, 0.717) is 32.5 Å². The van der Waals surface area contributed by atoms with Gasteiger partial charge in [0, 0.05) is 6.42 Å². The molecule has 0 amide bonds. The molecule has 1 aliphatic heterocycles. The molecule has 1 fully saturated rings. The zero-order chi connectivity index (χ0) is 29.4. The first-order chi connectivity index (χ1) is 20.6. The summed E-state index contributed by atoms with van der Waals surface area (Å²) in [5.41, 5.74) is 2.95. The Hall–Kier alpha value is -3.40. The number of hydrogen-bond acceptors (Lipinski definition) is 8. The van der Waals surface area contributed by atoms with Crippen LogP contribution in [0.25, 0.3) is 0 Å². The Morgan fingerprint density at radius 3 is 1.88 bits per heavy atom. The molecule has 0 unspecified atom stereocenters. The largest absolute Gasteiger partial charge is 0.469 e. The lowest BCUT2D eigenvalue weighted by atomic mass is 9.99. The summed E-state index contributed by atoms with van der Waals surface area (Å²) in [5, 5.41) is 0. The second kappa shape index (κ2) is 17.5. The van der Waals surface area contributed by atoms with E-state index in [1.807, 2.05) is 91.0 Å². The highest BCUT2D eigenvalue weighted by atomic mass is 16.7. The monoisotopic (exact) mass is 576 g/mol. The minimum absolute atomic E-state index is 0.186. The molecule has 0 N–H and O–H groups in total. The first-order valence-electron chi connectivity index (χ1n) is 14.4. The van der Waals surface area contributed by atoms with Crippen molar-refractivity contribution < 1.29 is 38.0 Å².